The summed E-state index contributed by atoms with van der Waals surface area (Å²) in [5.41, 5.74) is 0.943. The van der Waals surface area contributed by atoms with E-state index < -0.39 is 0 Å². The van der Waals surface area contributed by atoms with Gasteiger partial charge in [-0.05, 0) is 25.5 Å². The van der Waals surface area contributed by atoms with Crippen molar-refractivity contribution < 1.29 is 4.92 Å². The van der Waals surface area contributed by atoms with Crippen LogP contribution in [-0.4, -0.2) is 40.3 Å². The van der Waals surface area contributed by atoms with E-state index >= 15 is 0 Å². The van der Waals surface area contributed by atoms with Crippen molar-refractivity contribution in [2.75, 3.05) is 19.6 Å². The number of likely N-dealkylation sites (N-methyl/N-ethyl adjacent to an activating group) is 1. The maximum Gasteiger partial charge on any atom is 0.260 e. The van der Waals surface area contributed by atoms with E-state index in [9.17, 15) is 10.1 Å². The zero-order valence-electron chi connectivity index (χ0n) is 11.0. The maximum atomic E-state index is 10.7. The van der Waals surface area contributed by atoms with Gasteiger partial charge in [0.1, 0.15) is 5.15 Å². The van der Waals surface area contributed by atoms with Crippen molar-refractivity contribution in [3.8, 4) is 0 Å². The first-order valence-electron chi connectivity index (χ1n) is 6.07. The standard InChI is InChI=1S/C12H17ClN4O2/c1-3-14-12(9-17(18)19)16(4-2)8-10-5-6-11(13)15-7-10/h5-7H,3-4,8-9H2,1-2H3. The van der Waals surface area contributed by atoms with Crippen LogP contribution >= 0.6 is 11.6 Å². The van der Waals surface area contributed by atoms with Crippen molar-refractivity contribution in [3.05, 3.63) is 39.2 Å². The Kier molecular flexibility index (Phi) is 6.21. The molecule has 0 aliphatic carbocycles. The molecule has 0 bridgehead atoms. The summed E-state index contributed by atoms with van der Waals surface area (Å²) < 4.78 is 0. The maximum absolute atomic E-state index is 10.7. The normalized spacial score (nSPS) is 11.4. The molecule has 6 nitrogen and oxygen atoms in total. The van der Waals surface area contributed by atoms with Crippen LogP contribution in [0.1, 0.15) is 19.4 Å². The van der Waals surface area contributed by atoms with E-state index in [1.165, 1.54) is 0 Å². The van der Waals surface area contributed by atoms with Crippen LogP contribution in [0.25, 0.3) is 0 Å². The highest BCUT2D eigenvalue weighted by atomic mass is 35.5. The number of aromatic nitrogens is 1. The Morgan fingerprint density at radius 1 is 1.53 bits per heavy atom. The van der Waals surface area contributed by atoms with Gasteiger partial charge in [-0.1, -0.05) is 17.7 Å². The highest BCUT2D eigenvalue weighted by molar-refractivity contribution is 6.29. The van der Waals surface area contributed by atoms with Gasteiger partial charge in [0.2, 0.25) is 0 Å². The molecule has 1 aromatic heterocycles. The monoisotopic (exact) mass is 284 g/mol. The number of nitrogens with zero attached hydrogens (tertiary/aromatic N) is 4. The lowest BCUT2D eigenvalue weighted by atomic mass is 10.2. The SMILES string of the molecule is CCN=C(C[N+](=O)[O-])N(CC)Cc1ccc(Cl)nc1. The molecular weight excluding hydrogens is 268 g/mol. The molecule has 0 aromatic carbocycles. The fourth-order valence-corrected chi connectivity index (χ4v) is 1.77. The van der Waals surface area contributed by atoms with Crippen LogP contribution in [0.3, 0.4) is 0 Å². The second-order valence-corrected chi connectivity index (χ2v) is 4.27. The number of pyridine rings is 1. The molecule has 7 heteroatoms. The summed E-state index contributed by atoms with van der Waals surface area (Å²) in [4.78, 5) is 20.4. The van der Waals surface area contributed by atoms with Crippen LogP contribution in [0, 0.1) is 10.1 Å². The van der Waals surface area contributed by atoms with Crippen molar-refractivity contribution in [1.82, 2.24) is 9.88 Å². The molecule has 1 rings (SSSR count). The molecular formula is C12H17ClN4O2. The lowest BCUT2D eigenvalue weighted by molar-refractivity contribution is -0.464. The van der Waals surface area contributed by atoms with Crippen LogP contribution < -0.4 is 0 Å². The Morgan fingerprint density at radius 3 is 2.74 bits per heavy atom. The summed E-state index contributed by atoms with van der Waals surface area (Å²) in [5, 5.41) is 11.1. The van der Waals surface area contributed by atoms with Gasteiger partial charge in [-0.25, -0.2) is 4.98 Å². The molecule has 0 saturated heterocycles. The topological polar surface area (TPSA) is 71.6 Å². The van der Waals surface area contributed by atoms with Crippen LogP contribution in [0.4, 0.5) is 0 Å². The van der Waals surface area contributed by atoms with Crippen LogP contribution in [0.15, 0.2) is 23.3 Å². The molecule has 0 aliphatic rings. The summed E-state index contributed by atoms with van der Waals surface area (Å²) >= 11 is 5.73. The van der Waals surface area contributed by atoms with Gasteiger partial charge in [0, 0.05) is 30.8 Å². The van der Waals surface area contributed by atoms with E-state index in [2.05, 4.69) is 9.98 Å². The Morgan fingerprint density at radius 2 is 2.26 bits per heavy atom. The van der Waals surface area contributed by atoms with Gasteiger partial charge in [0.05, 0.1) is 0 Å². The van der Waals surface area contributed by atoms with E-state index in [1.54, 1.807) is 12.3 Å². The van der Waals surface area contributed by atoms with E-state index in [0.717, 1.165) is 5.56 Å². The average molecular weight is 285 g/mol. The molecule has 1 heterocycles. The van der Waals surface area contributed by atoms with Gasteiger partial charge >= 0.3 is 0 Å². The second-order valence-electron chi connectivity index (χ2n) is 3.88. The fourth-order valence-electron chi connectivity index (χ4n) is 1.65. The lowest BCUT2D eigenvalue weighted by Crippen LogP contribution is -2.35. The number of rotatable bonds is 6. The molecule has 0 unspecified atom stereocenters. The first kappa shape index (κ1) is 15.4. The molecule has 0 atom stereocenters. The first-order chi connectivity index (χ1) is 9.06. The third-order valence-corrected chi connectivity index (χ3v) is 2.74. The minimum atomic E-state index is -0.364. The quantitative estimate of drug-likeness (QED) is 0.264. The molecule has 0 aliphatic heterocycles. The number of hydrogen-bond acceptors (Lipinski definition) is 4. The van der Waals surface area contributed by atoms with Gasteiger partial charge in [-0.2, -0.15) is 0 Å². The zero-order valence-corrected chi connectivity index (χ0v) is 11.8. The Labute approximate surface area is 117 Å². The van der Waals surface area contributed by atoms with Crippen molar-refractivity contribution in [2.45, 2.75) is 20.4 Å². The number of aliphatic imine (C=N–C) groups is 1. The minimum Gasteiger partial charge on any atom is -0.351 e. The summed E-state index contributed by atoms with van der Waals surface area (Å²) in [6.45, 7) is 5.25. The summed E-state index contributed by atoms with van der Waals surface area (Å²) in [5.74, 6) is 0.491. The summed E-state index contributed by atoms with van der Waals surface area (Å²) in [6.07, 6.45) is 1.67. The summed E-state index contributed by atoms with van der Waals surface area (Å²) in [6, 6.07) is 3.56. The predicted molar refractivity (Wildman–Crippen MR) is 75.2 cm³/mol. The molecule has 0 N–H and O–H groups in total. The van der Waals surface area contributed by atoms with E-state index in [4.69, 9.17) is 11.6 Å². The lowest BCUT2D eigenvalue weighted by Gasteiger charge is -2.22. The third-order valence-electron chi connectivity index (χ3n) is 2.52. The molecule has 1 aromatic rings. The Hall–Kier alpha value is -1.69. The number of halogens is 1. The van der Waals surface area contributed by atoms with Crippen molar-refractivity contribution in [3.63, 3.8) is 0 Å². The molecule has 104 valence electrons. The van der Waals surface area contributed by atoms with Crippen LogP contribution in [0.2, 0.25) is 5.15 Å². The van der Waals surface area contributed by atoms with E-state index in [1.807, 2.05) is 24.8 Å². The van der Waals surface area contributed by atoms with Gasteiger partial charge < -0.3 is 4.90 Å². The predicted octanol–water partition coefficient (Wildman–Crippen LogP) is 2.25. The fraction of sp³-hybridized carbons (Fsp3) is 0.500. The van der Waals surface area contributed by atoms with Gasteiger partial charge in [0.25, 0.3) is 6.54 Å². The zero-order chi connectivity index (χ0) is 14.3. The molecule has 19 heavy (non-hydrogen) atoms. The Balaban J connectivity index is 2.82. The molecule has 0 fully saturated rings. The number of hydrogen-bond donors (Lipinski definition) is 0. The highest BCUT2D eigenvalue weighted by Gasteiger charge is 2.15. The highest BCUT2D eigenvalue weighted by Crippen LogP contribution is 2.09. The van der Waals surface area contributed by atoms with Crippen LogP contribution in [-0.2, 0) is 6.54 Å². The second kappa shape index (κ2) is 7.68. The van der Waals surface area contributed by atoms with Crippen LogP contribution in [0.5, 0.6) is 0 Å². The number of nitro groups is 1. The van der Waals surface area contributed by atoms with E-state index in [0.29, 0.717) is 30.6 Å². The minimum absolute atomic E-state index is 0.261. The smallest absolute Gasteiger partial charge is 0.260 e. The first-order valence-corrected chi connectivity index (χ1v) is 6.45. The van der Waals surface area contributed by atoms with Crippen molar-refractivity contribution in [2.24, 2.45) is 4.99 Å². The van der Waals surface area contributed by atoms with Gasteiger partial charge in [-0.15, -0.1) is 0 Å². The molecule has 0 radical (unpaired) electrons. The Bertz CT molecular complexity index is 448. The van der Waals surface area contributed by atoms with E-state index in [-0.39, 0.29) is 11.5 Å². The van der Waals surface area contributed by atoms with Crippen molar-refractivity contribution in [1.29, 1.82) is 0 Å². The van der Waals surface area contributed by atoms with Gasteiger partial charge in [0.15, 0.2) is 5.84 Å². The third kappa shape index (κ3) is 5.21. The molecule has 0 saturated carbocycles. The molecule has 0 spiro atoms. The van der Waals surface area contributed by atoms with Gasteiger partial charge in [-0.3, -0.25) is 15.1 Å². The van der Waals surface area contributed by atoms with Crippen molar-refractivity contribution >= 4 is 17.4 Å². The number of amidine groups is 1. The summed E-state index contributed by atoms with van der Waals surface area (Å²) in [7, 11) is 0. The largest absolute Gasteiger partial charge is 0.351 e. The molecule has 0 amide bonds. The average Bonchev–Trinajstić information content (AvgIpc) is 2.37.